The molecule has 1 heterocycles. The minimum Gasteiger partial charge on any atom is -0.469 e. The van der Waals surface area contributed by atoms with Crippen LogP contribution in [-0.4, -0.2) is 23.8 Å². The minimum atomic E-state index is -0.528. The Kier molecular flexibility index (Phi) is 5.64. The second-order valence-electron chi connectivity index (χ2n) is 6.02. The van der Waals surface area contributed by atoms with Gasteiger partial charge in [0, 0.05) is 21.7 Å². The predicted molar refractivity (Wildman–Crippen MR) is 102 cm³/mol. The van der Waals surface area contributed by atoms with E-state index in [4.69, 9.17) is 11.6 Å². The molecule has 0 fully saturated rings. The summed E-state index contributed by atoms with van der Waals surface area (Å²) in [5, 5.41) is 1.72. The van der Waals surface area contributed by atoms with E-state index in [-0.39, 0.29) is 12.2 Å². The lowest BCUT2D eigenvalue weighted by Gasteiger charge is -2.06. The van der Waals surface area contributed by atoms with Crippen LogP contribution in [0.5, 0.6) is 0 Å². The molecule has 1 aromatic heterocycles. The number of benzene rings is 2. The van der Waals surface area contributed by atoms with Crippen molar-refractivity contribution in [3.8, 4) is 0 Å². The van der Waals surface area contributed by atoms with Gasteiger partial charge in [-0.25, -0.2) is 0 Å². The number of nitrogens with zero attached hydrogens (tertiary/aromatic N) is 1. The largest absolute Gasteiger partial charge is 0.469 e. The van der Waals surface area contributed by atoms with Gasteiger partial charge in [0.2, 0.25) is 0 Å². The van der Waals surface area contributed by atoms with Crippen molar-refractivity contribution >= 4 is 34.3 Å². The fraction of sp³-hybridized carbons (Fsp3) is 0.190. The zero-order valence-electron chi connectivity index (χ0n) is 14.4. The molecule has 0 unspecified atom stereocenters. The van der Waals surface area contributed by atoms with Crippen LogP contribution in [0.1, 0.15) is 28.0 Å². The van der Waals surface area contributed by atoms with E-state index in [0.717, 1.165) is 35.0 Å². The molecule has 0 aliphatic heterocycles. The number of carbonyl (C=O) groups excluding carboxylic acids is 2. The standard InChI is InChI=1S/C21H18ClNO3/c1-26-21(25)13-20(24)16-4-2-3-14(11-16)5-9-18-10-7-15-6-8-17(22)12-19(15)23-18/h2-4,6-8,10-12H,5,9,13H2,1H3. The van der Waals surface area contributed by atoms with Crippen LogP contribution in [0.4, 0.5) is 0 Å². The molecule has 3 rings (SSSR count). The Morgan fingerprint density at radius 1 is 1.04 bits per heavy atom. The topological polar surface area (TPSA) is 56.3 Å². The SMILES string of the molecule is COC(=O)CC(=O)c1cccc(CCc2ccc3ccc(Cl)cc3n2)c1. The number of ketones is 1. The number of pyridine rings is 1. The Labute approximate surface area is 156 Å². The molecule has 132 valence electrons. The molecule has 0 N–H and O–H groups in total. The maximum absolute atomic E-state index is 12.1. The summed E-state index contributed by atoms with van der Waals surface area (Å²) in [7, 11) is 1.27. The second kappa shape index (κ2) is 8.11. The molecule has 0 bridgehead atoms. The molecule has 0 aliphatic carbocycles. The lowest BCUT2D eigenvalue weighted by Crippen LogP contribution is -2.09. The molecular weight excluding hydrogens is 350 g/mol. The number of rotatable bonds is 6. The van der Waals surface area contributed by atoms with E-state index in [1.807, 2.05) is 48.5 Å². The Balaban J connectivity index is 1.70. The fourth-order valence-corrected chi connectivity index (χ4v) is 2.92. The molecule has 0 aliphatic rings. The number of hydrogen-bond acceptors (Lipinski definition) is 4. The summed E-state index contributed by atoms with van der Waals surface area (Å²) in [6.07, 6.45) is 1.25. The minimum absolute atomic E-state index is 0.239. The van der Waals surface area contributed by atoms with Gasteiger partial charge in [-0.1, -0.05) is 41.9 Å². The summed E-state index contributed by atoms with van der Waals surface area (Å²) >= 11 is 6.03. The van der Waals surface area contributed by atoms with E-state index in [1.165, 1.54) is 7.11 Å². The number of aromatic nitrogens is 1. The Bertz CT molecular complexity index is 968. The first-order valence-electron chi connectivity index (χ1n) is 8.29. The highest BCUT2D eigenvalue weighted by Crippen LogP contribution is 2.19. The number of fused-ring (bicyclic) bond motifs is 1. The fourth-order valence-electron chi connectivity index (χ4n) is 2.75. The lowest BCUT2D eigenvalue weighted by atomic mass is 10.0. The van der Waals surface area contributed by atoms with Crippen LogP contribution in [0.15, 0.2) is 54.6 Å². The third-order valence-corrected chi connectivity index (χ3v) is 4.40. The molecule has 5 heteroatoms. The van der Waals surface area contributed by atoms with Crippen LogP contribution in [0.25, 0.3) is 10.9 Å². The van der Waals surface area contributed by atoms with Crippen molar-refractivity contribution in [2.45, 2.75) is 19.3 Å². The van der Waals surface area contributed by atoms with Crippen LogP contribution in [0, 0.1) is 0 Å². The third kappa shape index (κ3) is 4.46. The van der Waals surface area contributed by atoms with Gasteiger partial charge in [-0.05, 0) is 42.7 Å². The molecule has 26 heavy (non-hydrogen) atoms. The second-order valence-corrected chi connectivity index (χ2v) is 6.45. The summed E-state index contributed by atoms with van der Waals surface area (Å²) in [4.78, 5) is 28.0. The zero-order chi connectivity index (χ0) is 18.5. The molecule has 0 atom stereocenters. The van der Waals surface area contributed by atoms with Crippen LogP contribution >= 0.6 is 11.6 Å². The number of methoxy groups -OCH3 is 1. The van der Waals surface area contributed by atoms with Gasteiger partial charge in [-0.15, -0.1) is 0 Å². The van der Waals surface area contributed by atoms with Crippen molar-refractivity contribution in [3.05, 3.63) is 76.4 Å². The molecule has 0 amide bonds. The van der Waals surface area contributed by atoms with E-state index in [2.05, 4.69) is 9.72 Å². The van der Waals surface area contributed by atoms with Gasteiger partial charge < -0.3 is 4.74 Å². The molecule has 3 aromatic rings. The zero-order valence-corrected chi connectivity index (χ0v) is 15.1. The highest BCUT2D eigenvalue weighted by molar-refractivity contribution is 6.31. The van der Waals surface area contributed by atoms with E-state index in [9.17, 15) is 9.59 Å². The van der Waals surface area contributed by atoms with Crippen molar-refractivity contribution in [2.75, 3.05) is 7.11 Å². The van der Waals surface area contributed by atoms with Crippen molar-refractivity contribution < 1.29 is 14.3 Å². The number of aryl methyl sites for hydroxylation is 2. The number of Topliss-reactive ketones (excluding diaryl/α,β-unsaturated/α-hetero) is 1. The Morgan fingerprint density at radius 2 is 1.85 bits per heavy atom. The number of carbonyl (C=O) groups is 2. The first kappa shape index (κ1) is 18.1. The van der Waals surface area contributed by atoms with E-state index in [1.54, 1.807) is 6.07 Å². The maximum atomic E-state index is 12.1. The summed E-state index contributed by atoms with van der Waals surface area (Å²) in [5.74, 6) is -0.767. The molecule has 0 spiro atoms. The predicted octanol–water partition coefficient (Wildman–Crippen LogP) is 4.42. The van der Waals surface area contributed by atoms with Gasteiger partial charge in [-0.3, -0.25) is 14.6 Å². The van der Waals surface area contributed by atoms with Crippen molar-refractivity contribution in [2.24, 2.45) is 0 Å². The number of esters is 1. The third-order valence-electron chi connectivity index (χ3n) is 4.16. The van der Waals surface area contributed by atoms with Gasteiger partial charge >= 0.3 is 5.97 Å². The monoisotopic (exact) mass is 367 g/mol. The van der Waals surface area contributed by atoms with Crippen LogP contribution in [-0.2, 0) is 22.4 Å². The van der Waals surface area contributed by atoms with Crippen molar-refractivity contribution in [3.63, 3.8) is 0 Å². The highest BCUT2D eigenvalue weighted by Gasteiger charge is 2.12. The summed E-state index contributed by atoms with van der Waals surface area (Å²) < 4.78 is 4.54. The summed E-state index contributed by atoms with van der Waals surface area (Å²) in [6, 6.07) is 17.0. The highest BCUT2D eigenvalue weighted by atomic mass is 35.5. The van der Waals surface area contributed by atoms with Crippen molar-refractivity contribution in [1.82, 2.24) is 4.98 Å². The van der Waals surface area contributed by atoms with Crippen LogP contribution < -0.4 is 0 Å². The van der Waals surface area contributed by atoms with Gasteiger partial charge in [0.25, 0.3) is 0 Å². The molecule has 0 saturated heterocycles. The summed E-state index contributed by atoms with van der Waals surface area (Å²) in [6.45, 7) is 0. The molecule has 4 nitrogen and oxygen atoms in total. The average Bonchev–Trinajstić information content (AvgIpc) is 2.66. The lowest BCUT2D eigenvalue weighted by molar-refractivity contribution is -0.139. The van der Waals surface area contributed by atoms with Gasteiger partial charge in [0.05, 0.1) is 12.6 Å². The van der Waals surface area contributed by atoms with E-state index >= 15 is 0 Å². The van der Waals surface area contributed by atoms with E-state index < -0.39 is 5.97 Å². The maximum Gasteiger partial charge on any atom is 0.313 e. The van der Waals surface area contributed by atoms with Gasteiger partial charge in [0.1, 0.15) is 6.42 Å². The van der Waals surface area contributed by atoms with Crippen LogP contribution in [0.3, 0.4) is 0 Å². The molecule has 0 saturated carbocycles. The first-order valence-corrected chi connectivity index (χ1v) is 8.67. The Morgan fingerprint density at radius 3 is 2.65 bits per heavy atom. The number of hydrogen-bond donors (Lipinski definition) is 0. The molecular formula is C21H18ClNO3. The van der Waals surface area contributed by atoms with E-state index in [0.29, 0.717) is 10.6 Å². The quantitative estimate of drug-likeness (QED) is 0.367. The molecule has 2 aromatic carbocycles. The normalized spacial score (nSPS) is 10.7. The van der Waals surface area contributed by atoms with Crippen molar-refractivity contribution in [1.29, 1.82) is 0 Å². The number of ether oxygens (including phenoxy) is 1. The molecule has 0 radical (unpaired) electrons. The smallest absolute Gasteiger partial charge is 0.313 e. The van der Waals surface area contributed by atoms with Gasteiger partial charge in [0.15, 0.2) is 5.78 Å². The summed E-state index contributed by atoms with van der Waals surface area (Å²) in [5.41, 5.74) is 3.38. The number of halogens is 1. The average molecular weight is 368 g/mol. The van der Waals surface area contributed by atoms with Crippen LogP contribution in [0.2, 0.25) is 5.02 Å². The Hall–Kier alpha value is -2.72. The van der Waals surface area contributed by atoms with Gasteiger partial charge in [-0.2, -0.15) is 0 Å². The first-order chi connectivity index (χ1) is 12.5.